The van der Waals surface area contributed by atoms with Crippen molar-refractivity contribution in [1.82, 2.24) is 10.2 Å². The lowest BCUT2D eigenvalue weighted by Gasteiger charge is -2.52. The van der Waals surface area contributed by atoms with Gasteiger partial charge in [0.2, 0.25) is 0 Å². The van der Waals surface area contributed by atoms with Gasteiger partial charge in [-0.2, -0.15) is 0 Å². The SMILES string of the molecule is CCN1CCC2(CNC[N+]2(C)C(C)(C)C)C1. The van der Waals surface area contributed by atoms with Gasteiger partial charge in [0.15, 0.2) is 0 Å². The molecule has 3 heteroatoms. The minimum Gasteiger partial charge on any atom is -0.303 e. The molecule has 0 amide bonds. The monoisotopic (exact) mass is 226 g/mol. The summed E-state index contributed by atoms with van der Waals surface area (Å²) in [5.41, 5.74) is 0.779. The van der Waals surface area contributed by atoms with E-state index >= 15 is 0 Å². The fourth-order valence-electron chi connectivity index (χ4n) is 3.56. The predicted octanol–water partition coefficient (Wildman–Crippen LogP) is 1.26. The molecule has 2 atom stereocenters. The van der Waals surface area contributed by atoms with Gasteiger partial charge in [0.25, 0.3) is 0 Å². The largest absolute Gasteiger partial charge is 0.303 e. The molecule has 0 aromatic carbocycles. The summed E-state index contributed by atoms with van der Waals surface area (Å²) in [6.45, 7) is 15.5. The van der Waals surface area contributed by atoms with Crippen molar-refractivity contribution in [1.29, 1.82) is 0 Å². The molecule has 2 fully saturated rings. The molecular formula is C13H28N3+. The van der Waals surface area contributed by atoms with Gasteiger partial charge in [-0.05, 0) is 27.3 Å². The Hall–Kier alpha value is -0.120. The summed E-state index contributed by atoms with van der Waals surface area (Å²) in [4.78, 5) is 2.61. The fourth-order valence-corrected chi connectivity index (χ4v) is 3.56. The highest BCUT2D eigenvalue weighted by molar-refractivity contribution is 4.98. The minimum atomic E-state index is 0.327. The zero-order valence-electron chi connectivity index (χ0n) is 11.6. The second-order valence-corrected chi connectivity index (χ2v) is 6.79. The van der Waals surface area contributed by atoms with Crippen LogP contribution in [0.1, 0.15) is 34.1 Å². The second kappa shape index (κ2) is 3.69. The fraction of sp³-hybridized carbons (Fsp3) is 1.00. The lowest BCUT2D eigenvalue weighted by molar-refractivity contribution is -0.985. The Kier molecular flexibility index (Phi) is 2.84. The van der Waals surface area contributed by atoms with E-state index in [1.54, 1.807) is 0 Å². The number of likely N-dealkylation sites (N-methyl/N-ethyl adjacent to an activating group) is 2. The van der Waals surface area contributed by atoms with Crippen LogP contribution in [0.3, 0.4) is 0 Å². The van der Waals surface area contributed by atoms with E-state index in [1.165, 1.54) is 37.1 Å². The number of hydrogen-bond donors (Lipinski definition) is 1. The normalized spacial score (nSPS) is 41.1. The smallest absolute Gasteiger partial charge is 0.133 e. The maximum Gasteiger partial charge on any atom is 0.133 e. The van der Waals surface area contributed by atoms with Crippen molar-refractivity contribution in [2.45, 2.75) is 45.2 Å². The second-order valence-electron chi connectivity index (χ2n) is 6.79. The summed E-state index contributed by atoms with van der Waals surface area (Å²) in [5, 5.41) is 3.64. The van der Waals surface area contributed by atoms with Crippen LogP contribution in [0.25, 0.3) is 0 Å². The van der Waals surface area contributed by atoms with Gasteiger partial charge in [-0.15, -0.1) is 0 Å². The molecule has 2 aliphatic heterocycles. The van der Waals surface area contributed by atoms with E-state index in [0.29, 0.717) is 11.1 Å². The van der Waals surface area contributed by atoms with Crippen LogP contribution in [0.15, 0.2) is 0 Å². The van der Waals surface area contributed by atoms with Crippen LogP contribution in [-0.2, 0) is 0 Å². The standard InChI is InChI=1S/C13H28N3/c1-6-15-8-7-13(10-15)9-14-11-16(13,5)12(2,3)4/h14H,6-11H2,1-5H3/q+1. The van der Waals surface area contributed by atoms with E-state index in [1.807, 2.05) is 0 Å². The topological polar surface area (TPSA) is 15.3 Å². The molecule has 2 heterocycles. The van der Waals surface area contributed by atoms with E-state index < -0.39 is 0 Å². The first-order valence-corrected chi connectivity index (χ1v) is 6.63. The van der Waals surface area contributed by atoms with Crippen LogP contribution >= 0.6 is 0 Å². The van der Waals surface area contributed by atoms with Gasteiger partial charge < -0.3 is 4.48 Å². The van der Waals surface area contributed by atoms with E-state index in [4.69, 9.17) is 0 Å². The average Bonchev–Trinajstić information content (AvgIpc) is 2.74. The van der Waals surface area contributed by atoms with Crippen LogP contribution in [0.4, 0.5) is 0 Å². The minimum absolute atomic E-state index is 0.327. The molecule has 1 N–H and O–H groups in total. The highest BCUT2D eigenvalue weighted by Crippen LogP contribution is 2.41. The van der Waals surface area contributed by atoms with Gasteiger partial charge in [-0.3, -0.25) is 10.2 Å². The predicted molar refractivity (Wildman–Crippen MR) is 68.3 cm³/mol. The Morgan fingerprint density at radius 3 is 2.56 bits per heavy atom. The maximum absolute atomic E-state index is 3.64. The Bertz CT molecular complexity index is 271. The molecule has 0 aromatic heterocycles. The Morgan fingerprint density at radius 1 is 1.38 bits per heavy atom. The molecule has 2 aliphatic rings. The maximum atomic E-state index is 3.64. The zero-order chi connectivity index (χ0) is 12.0. The van der Waals surface area contributed by atoms with E-state index in [9.17, 15) is 0 Å². The van der Waals surface area contributed by atoms with Crippen LogP contribution in [-0.4, -0.2) is 60.4 Å². The first-order chi connectivity index (χ1) is 7.35. The van der Waals surface area contributed by atoms with Gasteiger partial charge in [-0.1, -0.05) is 6.92 Å². The summed E-state index contributed by atoms with van der Waals surface area (Å²) in [5.74, 6) is 0. The van der Waals surface area contributed by atoms with Crippen molar-refractivity contribution >= 4 is 0 Å². The highest BCUT2D eigenvalue weighted by Gasteiger charge is 2.60. The third-order valence-electron chi connectivity index (χ3n) is 5.27. The van der Waals surface area contributed by atoms with Gasteiger partial charge in [0.05, 0.1) is 25.7 Å². The number of nitrogens with one attached hydrogen (secondary N) is 1. The van der Waals surface area contributed by atoms with Gasteiger partial charge in [-0.25, -0.2) is 0 Å². The molecule has 0 aromatic rings. The zero-order valence-corrected chi connectivity index (χ0v) is 11.6. The van der Waals surface area contributed by atoms with Crippen LogP contribution < -0.4 is 5.32 Å². The molecule has 3 nitrogen and oxygen atoms in total. The molecule has 0 bridgehead atoms. The Morgan fingerprint density at radius 2 is 2.06 bits per heavy atom. The summed E-state index contributed by atoms with van der Waals surface area (Å²) in [6.07, 6.45) is 1.35. The van der Waals surface area contributed by atoms with Gasteiger partial charge in [0.1, 0.15) is 12.2 Å². The summed E-state index contributed by atoms with van der Waals surface area (Å²) in [6, 6.07) is 0. The molecule has 0 aliphatic carbocycles. The van der Waals surface area contributed by atoms with Crippen molar-refractivity contribution in [2.75, 3.05) is 39.9 Å². The van der Waals surface area contributed by atoms with E-state index in [0.717, 1.165) is 6.67 Å². The van der Waals surface area contributed by atoms with Crippen molar-refractivity contribution in [3.8, 4) is 0 Å². The quantitative estimate of drug-likeness (QED) is 0.677. The molecule has 2 unspecified atom stereocenters. The number of quaternary nitrogens is 1. The molecule has 1 spiro atoms. The molecule has 2 saturated heterocycles. The molecule has 2 rings (SSSR count). The van der Waals surface area contributed by atoms with E-state index in [2.05, 4.69) is 45.0 Å². The van der Waals surface area contributed by atoms with E-state index in [-0.39, 0.29) is 0 Å². The average molecular weight is 226 g/mol. The number of rotatable bonds is 1. The Labute approximate surface area is 100 Å². The highest BCUT2D eigenvalue weighted by atomic mass is 15.5. The molecular weight excluding hydrogens is 198 g/mol. The first-order valence-electron chi connectivity index (χ1n) is 6.63. The third-order valence-corrected chi connectivity index (χ3v) is 5.27. The van der Waals surface area contributed by atoms with Crippen molar-refractivity contribution in [3.05, 3.63) is 0 Å². The van der Waals surface area contributed by atoms with Crippen molar-refractivity contribution in [2.24, 2.45) is 0 Å². The molecule has 94 valence electrons. The number of likely N-dealkylation sites (tertiary alicyclic amines) is 1. The van der Waals surface area contributed by atoms with Gasteiger partial charge in [0, 0.05) is 13.0 Å². The van der Waals surface area contributed by atoms with Crippen LogP contribution in [0.2, 0.25) is 0 Å². The lowest BCUT2D eigenvalue weighted by atomic mass is 9.88. The number of hydrogen-bond acceptors (Lipinski definition) is 2. The first kappa shape index (κ1) is 12.3. The van der Waals surface area contributed by atoms with Gasteiger partial charge >= 0.3 is 0 Å². The molecule has 0 saturated carbocycles. The Balaban J connectivity index is 2.27. The number of nitrogens with zero attached hydrogens (tertiary/aromatic N) is 2. The van der Waals surface area contributed by atoms with Crippen LogP contribution in [0, 0.1) is 0 Å². The molecule has 0 radical (unpaired) electrons. The van der Waals surface area contributed by atoms with Crippen LogP contribution in [0.5, 0.6) is 0 Å². The summed E-state index contributed by atoms with van der Waals surface area (Å²) >= 11 is 0. The third kappa shape index (κ3) is 1.52. The van der Waals surface area contributed by atoms with Crippen molar-refractivity contribution < 1.29 is 4.48 Å². The lowest BCUT2D eigenvalue weighted by Crippen LogP contribution is -2.68. The summed E-state index contributed by atoms with van der Waals surface area (Å²) < 4.78 is 1.18. The van der Waals surface area contributed by atoms with Crippen molar-refractivity contribution in [3.63, 3.8) is 0 Å². The molecule has 16 heavy (non-hydrogen) atoms. The summed E-state index contributed by atoms with van der Waals surface area (Å²) in [7, 11) is 2.44.